The molecule has 0 spiro atoms. The molecule has 0 radical (unpaired) electrons. The number of anilines is 2. The molecule has 44 heavy (non-hydrogen) atoms. The third kappa shape index (κ3) is 7.08. The summed E-state index contributed by atoms with van der Waals surface area (Å²) in [7, 11) is 9.50. The number of nitrogens with one attached hydrogen (secondary N) is 1. The zero-order valence-corrected chi connectivity index (χ0v) is 27.0. The minimum absolute atomic E-state index is 0.00551. The Kier molecular flexibility index (Phi) is 10.6. The predicted octanol–water partition coefficient (Wildman–Crippen LogP) is 4.90. The molecule has 3 aromatic rings. The van der Waals surface area contributed by atoms with Crippen molar-refractivity contribution in [3.05, 3.63) is 42.0 Å². The maximum Gasteiger partial charge on any atom is 0.254 e. The number of carbonyl (C=O) groups excluding carboxylic acids is 2. The predicted molar refractivity (Wildman–Crippen MR) is 176 cm³/mol. The molecule has 1 aromatic heterocycles. The van der Waals surface area contributed by atoms with Gasteiger partial charge in [0.1, 0.15) is 11.9 Å². The van der Waals surface area contributed by atoms with Crippen LogP contribution in [-0.4, -0.2) is 106 Å². The van der Waals surface area contributed by atoms with Crippen molar-refractivity contribution in [2.75, 3.05) is 85.0 Å². The second kappa shape index (κ2) is 14.5. The van der Waals surface area contributed by atoms with Crippen molar-refractivity contribution in [1.29, 1.82) is 0 Å². The van der Waals surface area contributed by atoms with Gasteiger partial charge in [0.15, 0.2) is 0 Å². The maximum absolute atomic E-state index is 14.0. The highest BCUT2D eigenvalue weighted by atomic mass is 16.5. The highest BCUT2D eigenvalue weighted by Crippen LogP contribution is 2.41. The van der Waals surface area contributed by atoms with Crippen molar-refractivity contribution in [3.63, 3.8) is 0 Å². The average Bonchev–Trinajstić information content (AvgIpc) is 3.36. The summed E-state index contributed by atoms with van der Waals surface area (Å²) < 4.78 is 12.6. The molecular formula is C34H48N6O4. The second-order valence-electron chi connectivity index (χ2n) is 12.5. The molecule has 0 unspecified atom stereocenters. The van der Waals surface area contributed by atoms with Crippen LogP contribution in [0.4, 0.5) is 11.4 Å². The Bertz CT molecular complexity index is 1440. The molecule has 1 atom stereocenters. The van der Waals surface area contributed by atoms with Crippen molar-refractivity contribution in [2.24, 2.45) is 5.92 Å². The molecular weight excluding hydrogens is 556 g/mol. The van der Waals surface area contributed by atoms with E-state index in [-0.39, 0.29) is 17.9 Å². The van der Waals surface area contributed by atoms with Crippen LogP contribution in [0, 0.1) is 5.92 Å². The van der Waals surface area contributed by atoms with Crippen LogP contribution < -0.4 is 10.2 Å². The van der Waals surface area contributed by atoms with Crippen molar-refractivity contribution in [3.8, 4) is 11.4 Å². The molecule has 2 aromatic carbocycles. The fourth-order valence-electron chi connectivity index (χ4n) is 6.46. The molecule has 1 N–H and O–H groups in total. The summed E-state index contributed by atoms with van der Waals surface area (Å²) in [6.07, 6.45) is 6.77. The Morgan fingerprint density at radius 2 is 1.68 bits per heavy atom. The minimum atomic E-state index is -0.387. The van der Waals surface area contributed by atoms with E-state index in [2.05, 4.69) is 53.0 Å². The Balaban J connectivity index is 1.59. The molecule has 1 fully saturated rings. The number of likely N-dealkylation sites (N-methyl/N-ethyl adjacent to an activating group) is 2. The van der Waals surface area contributed by atoms with E-state index in [9.17, 15) is 9.59 Å². The van der Waals surface area contributed by atoms with E-state index >= 15 is 0 Å². The van der Waals surface area contributed by atoms with E-state index in [1.807, 2.05) is 24.3 Å². The summed E-state index contributed by atoms with van der Waals surface area (Å²) in [5, 5.41) is 3.25. The van der Waals surface area contributed by atoms with Gasteiger partial charge in [-0.15, -0.1) is 0 Å². The lowest BCUT2D eigenvalue weighted by Gasteiger charge is -2.27. The number of fused-ring (bicyclic) bond motifs is 5. The van der Waals surface area contributed by atoms with Crippen molar-refractivity contribution in [1.82, 2.24) is 19.4 Å². The van der Waals surface area contributed by atoms with Gasteiger partial charge in [0.25, 0.3) is 5.91 Å². The highest BCUT2D eigenvalue weighted by molar-refractivity contribution is 6.03. The molecule has 1 aliphatic carbocycles. The molecule has 0 saturated heterocycles. The van der Waals surface area contributed by atoms with Crippen LogP contribution in [-0.2, 0) is 14.3 Å². The van der Waals surface area contributed by atoms with Gasteiger partial charge in [-0.2, -0.15) is 0 Å². The maximum atomic E-state index is 14.0. The molecule has 5 rings (SSSR count). The number of methoxy groups -OCH3 is 2. The first-order valence-corrected chi connectivity index (χ1v) is 15.9. The van der Waals surface area contributed by atoms with Crippen LogP contribution in [0.1, 0.15) is 54.9 Å². The Hall–Kier alpha value is -3.47. The Labute approximate surface area is 261 Å². The number of amides is 2. The number of benzene rings is 2. The van der Waals surface area contributed by atoms with Gasteiger partial charge in [-0.05, 0) is 62.8 Å². The number of aromatic nitrogens is 2. The lowest BCUT2D eigenvalue weighted by Crippen LogP contribution is -2.36. The monoisotopic (exact) mass is 604 g/mol. The Morgan fingerprint density at radius 1 is 0.955 bits per heavy atom. The molecule has 0 bridgehead atoms. The highest BCUT2D eigenvalue weighted by Gasteiger charge is 2.34. The first-order valence-electron chi connectivity index (χ1n) is 15.9. The van der Waals surface area contributed by atoms with Crippen molar-refractivity contribution < 1.29 is 19.1 Å². The number of nitrogens with zero attached hydrogens (tertiary/aromatic N) is 5. The third-order valence-corrected chi connectivity index (χ3v) is 9.08. The number of rotatable bonds is 13. The van der Waals surface area contributed by atoms with Crippen molar-refractivity contribution in [2.45, 2.75) is 44.6 Å². The van der Waals surface area contributed by atoms with Crippen LogP contribution in [0.2, 0.25) is 0 Å². The van der Waals surface area contributed by atoms with Crippen LogP contribution in [0.15, 0.2) is 36.4 Å². The summed E-state index contributed by atoms with van der Waals surface area (Å²) in [6.45, 7) is 3.62. The number of carbonyl (C=O) groups is 2. The fourth-order valence-corrected chi connectivity index (χ4v) is 6.46. The third-order valence-electron chi connectivity index (χ3n) is 9.08. The topological polar surface area (TPSA) is 92.2 Å². The smallest absolute Gasteiger partial charge is 0.254 e. The van der Waals surface area contributed by atoms with Crippen LogP contribution in [0.3, 0.4) is 0 Å². The summed E-state index contributed by atoms with van der Waals surface area (Å²) in [4.78, 5) is 38.9. The van der Waals surface area contributed by atoms with Gasteiger partial charge in [-0.3, -0.25) is 9.59 Å². The summed E-state index contributed by atoms with van der Waals surface area (Å²) >= 11 is 0. The molecule has 2 amide bonds. The summed E-state index contributed by atoms with van der Waals surface area (Å²) in [6, 6.07) is 11.5. The quantitative estimate of drug-likeness (QED) is 0.297. The van der Waals surface area contributed by atoms with Crippen molar-refractivity contribution >= 4 is 34.2 Å². The summed E-state index contributed by atoms with van der Waals surface area (Å²) in [5.41, 5.74) is 4.86. The number of ether oxygens (including phenoxy) is 2. The van der Waals surface area contributed by atoms with Gasteiger partial charge in [0, 0.05) is 64.3 Å². The van der Waals surface area contributed by atoms with Gasteiger partial charge in [0.05, 0.1) is 29.9 Å². The largest absolute Gasteiger partial charge is 0.383 e. The van der Waals surface area contributed by atoms with Gasteiger partial charge in [-0.25, -0.2) is 4.98 Å². The van der Waals surface area contributed by atoms with Gasteiger partial charge in [-0.1, -0.05) is 32.1 Å². The first kappa shape index (κ1) is 31.9. The van der Waals surface area contributed by atoms with E-state index in [1.54, 1.807) is 19.1 Å². The lowest BCUT2D eigenvalue weighted by molar-refractivity contribution is -0.119. The number of hydrogen-bond acceptors (Lipinski definition) is 7. The minimum Gasteiger partial charge on any atom is -0.383 e. The first-order chi connectivity index (χ1) is 21.3. The molecule has 1 saturated carbocycles. The van der Waals surface area contributed by atoms with Gasteiger partial charge >= 0.3 is 0 Å². The molecule has 10 nitrogen and oxygen atoms in total. The van der Waals surface area contributed by atoms with Gasteiger partial charge in [0.2, 0.25) is 5.91 Å². The lowest BCUT2D eigenvalue weighted by atomic mass is 9.84. The van der Waals surface area contributed by atoms with E-state index in [0.29, 0.717) is 43.3 Å². The molecule has 2 heterocycles. The fraction of sp³-hybridized carbons (Fsp3) is 0.559. The van der Waals surface area contributed by atoms with E-state index in [1.165, 1.54) is 19.3 Å². The molecule has 2 aliphatic rings. The second-order valence-corrected chi connectivity index (χ2v) is 12.5. The molecule has 10 heteroatoms. The molecule has 1 aliphatic heterocycles. The average molecular weight is 605 g/mol. The zero-order chi connectivity index (χ0) is 31.2. The Morgan fingerprint density at radius 3 is 2.36 bits per heavy atom. The summed E-state index contributed by atoms with van der Waals surface area (Å²) in [5.74, 6) is 1.16. The number of imidazole rings is 1. The number of hydrogen-bond donors (Lipinski definition) is 1. The van der Waals surface area contributed by atoms with E-state index in [0.717, 1.165) is 60.6 Å². The van der Waals surface area contributed by atoms with E-state index in [4.69, 9.17) is 14.5 Å². The zero-order valence-electron chi connectivity index (χ0n) is 27.0. The SMILES string of the molecule is COCCN(CCOC)C(=O)c1ccc2c(c1)nc1n2[C@@H](CC2CCCCC2)C(=O)Nc2ccc(N(C)CCN(C)C)cc2-1. The van der Waals surface area contributed by atoms with Crippen LogP contribution in [0.5, 0.6) is 0 Å². The van der Waals surface area contributed by atoms with Crippen LogP contribution in [0.25, 0.3) is 22.4 Å². The van der Waals surface area contributed by atoms with Crippen LogP contribution >= 0.6 is 0 Å². The normalized spacial score (nSPS) is 16.9. The standard InChI is InChI=1S/C34H48N6O4/c1-37(2)15-16-38(3)26-12-13-28-27(23-26)32-35-29-22-25(34(42)39(17-19-43-4)18-20-44-5)11-14-30(29)40(32)31(33(41)36-28)21-24-9-7-6-8-10-24/h11-14,22-24,31H,6-10,15-21H2,1-5H3,(H,36,41)/t31-/m0/s1. The van der Waals surface area contributed by atoms with Gasteiger partial charge < -0.3 is 34.1 Å². The van der Waals surface area contributed by atoms with E-state index < -0.39 is 0 Å². The molecule has 238 valence electrons.